The Morgan fingerprint density at radius 3 is 1.91 bits per heavy atom. The van der Waals surface area contributed by atoms with E-state index in [-0.39, 0.29) is 0 Å². The minimum absolute atomic E-state index is 0.317. The lowest BCUT2D eigenvalue weighted by Gasteiger charge is -2.25. The maximum absolute atomic E-state index is 5.77. The van der Waals surface area contributed by atoms with Crippen LogP contribution in [0.2, 0.25) is 0 Å². The molecule has 0 radical (unpaired) electrons. The van der Waals surface area contributed by atoms with E-state index in [4.69, 9.17) is 5.73 Å². The van der Waals surface area contributed by atoms with Gasteiger partial charge in [-0.3, -0.25) is 0 Å². The van der Waals surface area contributed by atoms with Gasteiger partial charge in [0, 0.05) is 12.1 Å². The number of rotatable bonds is 4. The van der Waals surface area contributed by atoms with Gasteiger partial charge >= 0.3 is 0 Å². The fourth-order valence-corrected chi connectivity index (χ4v) is 0.964. The highest BCUT2D eigenvalue weighted by Crippen LogP contribution is 2.11. The van der Waals surface area contributed by atoms with Crippen LogP contribution >= 0.6 is 0 Å². The van der Waals surface area contributed by atoms with E-state index in [0.29, 0.717) is 18.0 Å². The van der Waals surface area contributed by atoms with Gasteiger partial charge in [-0.15, -0.1) is 0 Å². The van der Waals surface area contributed by atoms with E-state index in [0.717, 1.165) is 0 Å². The molecule has 11 heavy (non-hydrogen) atoms. The van der Waals surface area contributed by atoms with Crippen molar-refractivity contribution in [3.63, 3.8) is 0 Å². The first-order valence-corrected chi connectivity index (χ1v) is 4.37. The van der Waals surface area contributed by atoms with Gasteiger partial charge in [0.05, 0.1) is 0 Å². The predicted octanol–water partition coefficient (Wildman–Crippen LogP) is 1.31. The fraction of sp³-hybridized carbons (Fsp3) is 1.00. The molecule has 3 unspecified atom stereocenters. The Morgan fingerprint density at radius 1 is 1.18 bits per heavy atom. The third kappa shape index (κ3) is 4.38. The minimum Gasteiger partial charge on any atom is -0.328 e. The van der Waals surface area contributed by atoms with E-state index in [1.165, 1.54) is 6.42 Å². The number of hydrogen-bond donors (Lipinski definition) is 1. The molecule has 0 aromatic heterocycles. The van der Waals surface area contributed by atoms with Gasteiger partial charge in [-0.2, -0.15) is 0 Å². The molecule has 0 aromatic rings. The molecule has 0 heterocycles. The van der Waals surface area contributed by atoms with Crippen LogP contribution in [0.5, 0.6) is 0 Å². The molecular weight excluding hydrogens is 136 g/mol. The van der Waals surface area contributed by atoms with Gasteiger partial charge in [-0.25, -0.2) is 0 Å². The second-order valence-electron chi connectivity index (χ2n) is 3.88. The molecular formula is C9H22N2. The molecule has 2 N–H and O–H groups in total. The highest BCUT2D eigenvalue weighted by molar-refractivity contribution is 4.70. The maximum Gasteiger partial charge on any atom is 0.00639 e. The topological polar surface area (TPSA) is 29.3 Å². The van der Waals surface area contributed by atoms with Crippen molar-refractivity contribution in [2.45, 2.75) is 39.3 Å². The number of nitrogens with zero attached hydrogens (tertiary/aromatic N) is 1. The first kappa shape index (κ1) is 10.9. The zero-order chi connectivity index (χ0) is 9.02. The van der Waals surface area contributed by atoms with Crippen LogP contribution in [0.3, 0.4) is 0 Å². The van der Waals surface area contributed by atoms with E-state index < -0.39 is 0 Å². The first-order chi connectivity index (χ1) is 4.95. The highest BCUT2D eigenvalue weighted by Gasteiger charge is 2.12. The van der Waals surface area contributed by atoms with Gasteiger partial charge in [-0.05, 0) is 40.3 Å². The Morgan fingerprint density at radius 2 is 1.64 bits per heavy atom. The molecule has 3 atom stereocenters. The average Bonchev–Trinajstić information content (AvgIpc) is 1.87. The third-order valence-electron chi connectivity index (χ3n) is 2.49. The molecule has 0 rings (SSSR count). The van der Waals surface area contributed by atoms with Crippen molar-refractivity contribution < 1.29 is 0 Å². The molecule has 68 valence electrons. The van der Waals surface area contributed by atoms with Crippen molar-refractivity contribution in [1.82, 2.24) is 4.90 Å². The van der Waals surface area contributed by atoms with Crippen LogP contribution in [-0.4, -0.2) is 31.1 Å². The van der Waals surface area contributed by atoms with Crippen molar-refractivity contribution in [3.8, 4) is 0 Å². The Hall–Kier alpha value is -0.0800. The molecule has 0 saturated carbocycles. The Kier molecular flexibility index (Phi) is 4.69. The molecule has 0 fully saturated rings. The molecule has 0 aliphatic heterocycles. The van der Waals surface area contributed by atoms with Gasteiger partial charge < -0.3 is 10.6 Å². The molecule has 0 amide bonds. The van der Waals surface area contributed by atoms with Crippen LogP contribution < -0.4 is 5.73 Å². The summed E-state index contributed by atoms with van der Waals surface area (Å²) < 4.78 is 0. The summed E-state index contributed by atoms with van der Waals surface area (Å²) in [5, 5.41) is 0. The summed E-state index contributed by atoms with van der Waals surface area (Å²) in [5.74, 6) is 0.618. The van der Waals surface area contributed by atoms with E-state index in [9.17, 15) is 0 Å². The van der Waals surface area contributed by atoms with Crippen LogP contribution in [0, 0.1) is 5.92 Å². The molecule has 0 spiro atoms. The lowest BCUT2D eigenvalue weighted by molar-refractivity contribution is 0.256. The standard InChI is InChI=1S/C9H22N2/c1-7(9(3)10)6-8(2)11(4)5/h7-9H,6,10H2,1-5H3. The van der Waals surface area contributed by atoms with Crippen LogP contribution in [-0.2, 0) is 0 Å². The molecule has 0 aliphatic rings. The van der Waals surface area contributed by atoms with Crippen LogP contribution in [0.4, 0.5) is 0 Å². The van der Waals surface area contributed by atoms with Gasteiger partial charge in [0.25, 0.3) is 0 Å². The summed E-state index contributed by atoms with van der Waals surface area (Å²) in [6.07, 6.45) is 1.19. The summed E-state index contributed by atoms with van der Waals surface area (Å²) in [6, 6.07) is 0.952. The van der Waals surface area contributed by atoms with Crippen LogP contribution in [0.1, 0.15) is 27.2 Å². The van der Waals surface area contributed by atoms with E-state index in [2.05, 4.69) is 39.8 Å². The highest BCUT2D eigenvalue weighted by atomic mass is 15.1. The van der Waals surface area contributed by atoms with Gasteiger partial charge in [0.15, 0.2) is 0 Å². The van der Waals surface area contributed by atoms with Crippen molar-refractivity contribution in [3.05, 3.63) is 0 Å². The zero-order valence-corrected chi connectivity index (χ0v) is 8.46. The Bertz CT molecular complexity index is 87.7. The first-order valence-electron chi connectivity index (χ1n) is 4.37. The van der Waals surface area contributed by atoms with E-state index >= 15 is 0 Å². The summed E-state index contributed by atoms with van der Waals surface area (Å²) in [5.41, 5.74) is 5.77. The molecule has 0 saturated heterocycles. The quantitative estimate of drug-likeness (QED) is 0.668. The lowest BCUT2D eigenvalue weighted by Crippen LogP contribution is -2.32. The second-order valence-corrected chi connectivity index (χ2v) is 3.88. The molecule has 0 aliphatic carbocycles. The number of nitrogens with two attached hydrogens (primary N) is 1. The molecule has 0 aromatic carbocycles. The summed E-state index contributed by atoms with van der Waals surface area (Å²) in [6.45, 7) is 6.52. The van der Waals surface area contributed by atoms with Crippen LogP contribution in [0.25, 0.3) is 0 Å². The average molecular weight is 158 g/mol. The number of hydrogen-bond acceptors (Lipinski definition) is 2. The Balaban J connectivity index is 3.66. The zero-order valence-electron chi connectivity index (χ0n) is 8.46. The monoisotopic (exact) mass is 158 g/mol. The van der Waals surface area contributed by atoms with Crippen molar-refractivity contribution >= 4 is 0 Å². The maximum atomic E-state index is 5.77. The van der Waals surface area contributed by atoms with Crippen molar-refractivity contribution in [2.75, 3.05) is 14.1 Å². The van der Waals surface area contributed by atoms with E-state index in [1.54, 1.807) is 0 Å². The second kappa shape index (κ2) is 4.73. The van der Waals surface area contributed by atoms with Gasteiger partial charge in [0.1, 0.15) is 0 Å². The summed E-state index contributed by atoms with van der Waals surface area (Å²) in [4.78, 5) is 2.24. The lowest BCUT2D eigenvalue weighted by atomic mass is 9.96. The summed E-state index contributed by atoms with van der Waals surface area (Å²) in [7, 11) is 4.22. The van der Waals surface area contributed by atoms with Crippen LogP contribution in [0.15, 0.2) is 0 Å². The molecule has 2 nitrogen and oxygen atoms in total. The molecule has 0 bridgehead atoms. The third-order valence-corrected chi connectivity index (χ3v) is 2.49. The fourth-order valence-electron chi connectivity index (χ4n) is 0.964. The SMILES string of the molecule is CC(N)C(C)CC(C)N(C)C. The van der Waals surface area contributed by atoms with E-state index in [1.807, 2.05) is 0 Å². The van der Waals surface area contributed by atoms with Crippen molar-refractivity contribution in [1.29, 1.82) is 0 Å². The minimum atomic E-state index is 0.317. The largest absolute Gasteiger partial charge is 0.328 e. The molecule has 2 heteroatoms. The normalized spacial score (nSPS) is 19.9. The smallest absolute Gasteiger partial charge is 0.00639 e. The van der Waals surface area contributed by atoms with Gasteiger partial charge in [0.2, 0.25) is 0 Å². The summed E-state index contributed by atoms with van der Waals surface area (Å²) >= 11 is 0. The van der Waals surface area contributed by atoms with Gasteiger partial charge in [-0.1, -0.05) is 6.92 Å². The Labute approximate surface area is 70.8 Å². The predicted molar refractivity (Wildman–Crippen MR) is 50.6 cm³/mol. The van der Waals surface area contributed by atoms with Crippen molar-refractivity contribution in [2.24, 2.45) is 11.7 Å².